The van der Waals surface area contributed by atoms with Crippen molar-refractivity contribution in [1.29, 1.82) is 0 Å². The molecule has 6 nitrogen and oxygen atoms in total. The van der Waals surface area contributed by atoms with Crippen molar-refractivity contribution < 1.29 is 40.7 Å². The first-order valence-corrected chi connectivity index (χ1v) is 16.0. The molecule has 262 valence electrons. The van der Waals surface area contributed by atoms with Crippen LogP contribution in [0.15, 0.2) is 102 Å². The van der Waals surface area contributed by atoms with Crippen molar-refractivity contribution in [3.05, 3.63) is 130 Å². The molecule has 5 rings (SSSR count). The Bertz CT molecular complexity index is 1780. The van der Waals surface area contributed by atoms with Crippen LogP contribution in [0.1, 0.15) is 73.0 Å². The predicted octanol–water partition coefficient (Wildman–Crippen LogP) is 10.1. The molecule has 0 aliphatic carbocycles. The van der Waals surface area contributed by atoms with Crippen LogP contribution in [-0.2, 0) is 28.4 Å². The molecule has 0 radical (unpaired) electrons. The Balaban J connectivity index is 1.66. The first kappa shape index (κ1) is 36.2. The maximum absolute atomic E-state index is 13.7. The lowest BCUT2D eigenvalue weighted by atomic mass is 9.97. The summed E-state index contributed by atoms with van der Waals surface area (Å²) in [4.78, 5) is 34.2. The first-order valence-electron chi connectivity index (χ1n) is 16.0. The van der Waals surface area contributed by atoms with Gasteiger partial charge in [0.25, 0.3) is 0 Å². The zero-order valence-corrected chi connectivity index (χ0v) is 27.6. The molecule has 0 aromatic heterocycles. The molecule has 1 atom stereocenters. The van der Waals surface area contributed by atoms with E-state index in [2.05, 4.69) is 0 Å². The van der Waals surface area contributed by atoms with Gasteiger partial charge in [-0.3, -0.25) is 9.69 Å². The van der Waals surface area contributed by atoms with Crippen molar-refractivity contribution in [1.82, 2.24) is 4.90 Å². The van der Waals surface area contributed by atoms with E-state index in [9.17, 15) is 35.9 Å². The lowest BCUT2D eigenvalue weighted by Crippen LogP contribution is -2.34. The lowest BCUT2D eigenvalue weighted by Gasteiger charge is -2.32. The van der Waals surface area contributed by atoms with Gasteiger partial charge in [0.1, 0.15) is 0 Å². The second kappa shape index (κ2) is 14.8. The lowest BCUT2D eigenvalue weighted by molar-refractivity contribution is -0.143. The van der Waals surface area contributed by atoms with E-state index < -0.39 is 54.2 Å². The van der Waals surface area contributed by atoms with Gasteiger partial charge in [0, 0.05) is 36.7 Å². The number of carbonyl (C=O) groups is 2. The molecule has 0 spiro atoms. The summed E-state index contributed by atoms with van der Waals surface area (Å²) in [5, 5.41) is 0. The highest BCUT2D eigenvalue weighted by Gasteiger charge is 2.38. The average molecular weight is 696 g/mol. The van der Waals surface area contributed by atoms with Crippen LogP contribution in [0, 0.1) is 0 Å². The molecule has 1 heterocycles. The predicted molar refractivity (Wildman–Crippen MR) is 178 cm³/mol. The van der Waals surface area contributed by atoms with Gasteiger partial charge in [0.15, 0.2) is 0 Å². The molecular formula is C38H35F6N3O3. The summed E-state index contributed by atoms with van der Waals surface area (Å²) in [6, 6.07) is 24.4. The van der Waals surface area contributed by atoms with E-state index in [0.29, 0.717) is 41.2 Å². The minimum atomic E-state index is -5.05. The van der Waals surface area contributed by atoms with Crippen LogP contribution >= 0.6 is 0 Å². The topological polar surface area (TPSA) is 62.2 Å². The molecule has 0 bridgehead atoms. The maximum Gasteiger partial charge on any atom is 0.416 e. The second-order valence-corrected chi connectivity index (χ2v) is 12.2. The van der Waals surface area contributed by atoms with Crippen LogP contribution in [0.2, 0.25) is 0 Å². The second-order valence-electron chi connectivity index (χ2n) is 12.2. The molecule has 4 aromatic carbocycles. The quantitative estimate of drug-likeness (QED) is 0.143. The molecular weight excluding hydrogens is 660 g/mol. The van der Waals surface area contributed by atoms with E-state index in [1.54, 1.807) is 32.0 Å². The summed E-state index contributed by atoms with van der Waals surface area (Å²) in [6.45, 7) is 4.26. The van der Waals surface area contributed by atoms with E-state index in [1.807, 2.05) is 60.7 Å². The van der Waals surface area contributed by atoms with Gasteiger partial charge in [-0.1, -0.05) is 60.7 Å². The Morgan fingerprint density at radius 3 is 1.90 bits per heavy atom. The Morgan fingerprint density at radius 2 is 1.40 bits per heavy atom. The number of aliphatic imine (C=N–C) groups is 1. The van der Waals surface area contributed by atoms with Crippen LogP contribution in [0.25, 0.3) is 0 Å². The van der Waals surface area contributed by atoms with Gasteiger partial charge in [-0.05, 0) is 68.7 Å². The summed E-state index contributed by atoms with van der Waals surface area (Å²) in [7, 11) is 0. The fourth-order valence-electron chi connectivity index (χ4n) is 5.99. The maximum atomic E-state index is 13.7. The smallest absolute Gasteiger partial charge is 0.416 e. The summed E-state index contributed by atoms with van der Waals surface area (Å²) < 4.78 is 87.9. The van der Waals surface area contributed by atoms with Crippen LogP contribution in [0.5, 0.6) is 0 Å². The highest BCUT2D eigenvalue weighted by atomic mass is 19.4. The van der Waals surface area contributed by atoms with Gasteiger partial charge < -0.3 is 9.64 Å². The number of rotatable bonds is 7. The van der Waals surface area contributed by atoms with Gasteiger partial charge in [-0.25, -0.2) is 9.79 Å². The van der Waals surface area contributed by atoms with E-state index in [4.69, 9.17) is 9.73 Å². The van der Waals surface area contributed by atoms with Crippen molar-refractivity contribution in [3.63, 3.8) is 0 Å². The number of nitrogens with zero attached hydrogens (tertiary/aromatic N) is 3. The molecule has 12 heteroatoms. The summed E-state index contributed by atoms with van der Waals surface area (Å²) >= 11 is 0. The van der Waals surface area contributed by atoms with Gasteiger partial charge in [0.05, 0.1) is 40.4 Å². The zero-order valence-electron chi connectivity index (χ0n) is 27.6. The van der Waals surface area contributed by atoms with E-state index in [-0.39, 0.29) is 24.6 Å². The van der Waals surface area contributed by atoms with Gasteiger partial charge in [-0.15, -0.1) is 0 Å². The molecule has 2 amide bonds. The SMILES string of the molecule is CC(=O)N(Cc1cc(C(F)(F)F)cc(C(F)(F)F)c1)C1CCCN(C(=O)OC(C)C)c2ccc(N=C(c3ccccc3)c3ccccc3)cc21. The third-order valence-corrected chi connectivity index (χ3v) is 8.19. The number of amides is 2. The van der Waals surface area contributed by atoms with Crippen molar-refractivity contribution >= 4 is 29.1 Å². The Kier molecular flexibility index (Phi) is 10.7. The number of hydrogen-bond donors (Lipinski definition) is 0. The molecule has 0 fully saturated rings. The Labute approximate surface area is 286 Å². The van der Waals surface area contributed by atoms with E-state index in [0.717, 1.165) is 11.1 Å². The molecule has 0 saturated heterocycles. The number of benzene rings is 4. The van der Waals surface area contributed by atoms with Crippen LogP contribution in [0.4, 0.5) is 42.5 Å². The summed E-state index contributed by atoms with van der Waals surface area (Å²) in [5.74, 6) is -0.576. The largest absolute Gasteiger partial charge is 0.446 e. The normalized spacial score (nSPS) is 14.8. The van der Waals surface area contributed by atoms with Crippen molar-refractivity contribution in [2.75, 3.05) is 11.4 Å². The number of halogens is 6. The van der Waals surface area contributed by atoms with Crippen molar-refractivity contribution in [2.24, 2.45) is 4.99 Å². The number of ether oxygens (including phenoxy) is 1. The van der Waals surface area contributed by atoms with Crippen molar-refractivity contribution in [3.8, 4) is 0 Å². The first-order chi connectivity index (χ1) is 23.6. The van der Waals surface area contributed by atoms with Gasteiger partial charge in [-0.2, -0.15) is 26.3 Å². The minimum absolute atomic E-state index is 0.0576. The number of hydrogen-bond acceptors (Lipinski definition) is 4. The molecule has 4 aromatic rings. The average Bonchev–Trinajstić information content (AvgIpc) is 3.25. The molecule has 0 N–H and O–H groups in total. The van der Waals surface area contributed by atoms with Crippen molar-refractivity contribution in [2.45, 2.75) is 64.7 Å². The molecule has 1 aliphatic heterocycles. The fourth-order valence-corrected chi connectivity index (χ4v) is 5.99. The number of fused-ring (bicyclic) bond motifs is 1. The fraction of sp³-hybridized carbons (Fsp3) is 0.289. The van der Waals surface area contributed by atoms with Crippen LogP contribution in [-0.4, -0.2) is 35.3 Å². The molecule has 0 saturated carbocycles. The zero-order chi connectivity index (χ0) is 36.2. The summed E-state index contributed by atoms with van der Waals surface area (Å²) in [6.07, 6.45) is -10.6. The molecule has 1 unspecified atom stereocenters. The molecule has 50 heavy (non-hydrogen) atoms. The minimum Gasteiger partial charge on any atom is -0.446 e. The van der Waals surface area contributed by atoms with Crippen LogP contribution < -0.4 is 4.90 Å². The van der Waals surface area contributed by atoms with E-state index >= 15 is 0 Å². The number of alkyl halides is 6. The third kappa shape index (κ3) is 8.53. The third-order valence-electron chi connectivity index (χ3n) is 8.19. The number of anilines is 1. The number of carbonyl (C=O) groups excluding carboxylic acids is 2. The highest BCUT2D eigenvalue weighted by Crippen LogP contribution is 2.42. The molecule has 1 aliphatic rings. The Morgan fingerprint density at radius 1 is 0.840 bits per heavy atom. The van der Waals surface area contributed by atoms with Gasteiger partial charge >= 0.3 is 18.4 Å². The van der Waals surface area contributed by atoms with Crippen LogP contribution in [0.3, 0.4) is 0 Å². The Hall–Kier alpha value is -5.13. The highest BCUT2D eigenvalue weighted by molar-refractivity contribution is 6.14. The van der Waals surface area contributed by atoms with E-state index in [1.165, 1.54) is 16.7 Å². The standard InChI is InChI=1S/C38H35F6N3O3/c1-24(2)50-36(49)46-18-10-15-33(47(25(3)48)23-26-19-29(37(39,40)41)21-30(20-26)38(42,43)44)32-22-31(16-17-34(32)46)45-35(27-11-6-4-7-12-27)28-13-8-5-9-14-28/h4-9,11-14,16-17,19-22,24,33H,10,15,18,23H2,1-3H3. The monoisotopic (exact) mass is 695 g/mol. The van der Waals surface area contributed by atoms with Gasteiger partial charge in [0.2, 0.25) is 5.91 Å². The summed E-state index contributed by atoms with van der Waals surface area (Å²) in [5.41, 5.74) is 0.296.